The monoisotopic (exact) mass is 453 g/mol. The largest absolute Gasteiger partial charge is 0.378 e. The first-order valence-electron chi connectivity index (χ1n) is 11.4. The maximum atomic E-state index is 11.3. The lowest BCUT2D eigenvalue weighted by Gasteiger charge is -2.29. The number of pyridine rings is 2. The molecule has 5 rings (SSSR count). The molecule has 2 aromatic carbocycles. The Morgan fingerprint density at radius 2 is 1.74 bits per heavy atom. The first-order valence-corrected chi connectivity index (χ1v) is 11.4. The number of amides is 1. The number of hydrogen-bond acceptors (Lipinski definition) is 6. The lowest BCUT2D eigenvalue weighted by molar-refractivity contribution is 0.0995. The fraction of sp³-hybridized carbons (Fsp3) is 0.222. The van der Waals surface area contributed by atoms with Gasteiger partial charge < -0.3 is 20.7 Å². The van der Waals surface area contributed by atoms with Gasteiger partial charge in [0.05, 0.1) is 18.7 Å². The number of hydrogen-bond donors (Lipinski definition) is 2. The Morgan fingerprint density at radius 1 is 1.00 bits per heavy atom. The van der Waals surface area contributed by atoms with Gasteiger partial charge in [0.1, 0.15) is 5.69 Å². The lowest BCUT2D eigenvalue weighted by atomic mass is 10.0. The summed E-state index contributed by atoms with van der Waals surface area (Å²) in [6.45, 7) is 7.43. The predicted molar refractivity (Wildman–Crippen MR) is 136 cm³/mol. The van der Waals surface area contributed by atoms with Crippen LogP contribution in [0.4, 0.5) is 17.1 Å². The second-order valence-electron chi connectivity index (χ2n) is 8.57. The quantitative estimate of drug-likeness (QED) is 0.459. The van der Waals surface area contributed by atoms with Crippen LogP contribution in [0.1, 0.15) is 21.7 Å². The summed E-state index contributed by atoms with van der Waals surface area (Å²) in [5.74, 6) is -0.530. The molecule has 3 N–H and O–H groups in total. The van der Waals surface area contributed by atoms with Crippen LogP contribution in [-0.4, -0.2) is 42.2 Å². The maximum absolute atomic E-state index is 11.3. The van der Waals surface area contributed by atoms with E-state index in [9.17, 15) is 4.79 Å². The van der Waals surface area contributed by atoms with Crippen molar-refractivity contribution in [3.63, 3.8) is 0 Å². The number of carbonyl (C=O) groups excluding carboxylic acids is 1. The molecule has 7 heteroatoms. The molecule has 1 amide bonds. The number of nitrogens with one attached hydrogen (secondary N) is 1. The van der Waals surface area contributed by atoms with Crippen LogP contribution in [-0.2, 0) is 4.74 Å². The van der Waals surface area contributed by atoms with E-state index in [1.54, 1.807) is 12.3 Å². The average Bonchev–Trinajstić information content (AvgIpc) is 2.85. The zero-order chi connectivity index (χ0) is 23.7. The van der Waals surface area contributed by atoms with Gasteiger partial charge in [-0.2, -0.15) is 0 Å². The second kappa shape index (κ2) is 9.11. The molecule has 0 saturated carbocycles. The number of fused-ring (bicyclic) bond motifs is 1. The van der Waals surface area contributed by atoms with Crippen LogP contribution in [0, 0.1) is 13.8 Å². The van der Waals surface area contributed by atoms with E-state index in [0.717, 1.165) is 71.0 Å². The van der Waals surface area contributed by atoms with Gasteiger partial charge in [-0.1, -0.05) is 18.2 Å². The normalized spacial score (nSPS) is 13.8. The van der Waals surface area contributed by atoms with Crippen molar-refractivity contribution in [3.8, 4) is 11.1 Å². The van der Waals surface area contributed by atoms with Gasteiger partial charge >= 0.3 is 0 Å². The number of carbonyl (C=O) groups is 1. The van der Waals surface area contributed by atoms with Crippen molar-refractivity contribution >= 4 is 33.9 Å². The van der Waals surface area contributed by atoms with Crippen molar-refractivity contribution in [1.82, 2.24) is 9.97 Å². The summed E-state index contributed by atoms with van der Waals surface area (Å²) in [4.78, 5) is 22.6. The molecule has 1 saturated heterocycles. The highest BCUT2D eigenvalue weighted by Crippen LogP contribution is 2.33. The highest BCUT2D eigenvalue weighted by atomic mass is 16.5. The minimum absolute atomic E-state index is 0.258. The zero-order valence-corrected chi connectivity index (χ0v) is 19.3. The highest BCUT2D eigenvalue weighted by Gasteiger charge is 2.15. The topological polar surface area (TPSA) is 93.4 Å². The Hall–Kier alpha value is -3.97. The van der Waals surface area contributed by atoms with Gasteiger partial charge in [0.2, 0.25) is 0 Å². The third kappa shape index (κ3) is 4.43. The molecule has 3 heterocycles. The van der Waals surface area contributed by atoms with E-state index >= 15 is 0 Å². The van der Waals surface area contributed by atoms with Crippen molar-refractivity contribution in [2.45, 2.75) is 13.8 Å². The van der Waals surface area contributed by atoms with E-state index in [2.05, 4.69) is 40.3 Å². The van der Waals surface area contributed by atoms with Gasteiger partial charge in [0, 0.05) is 53.0 Å². The summed E-state index contributed by atoms with van der Waals surface area (Å²) in [5, 5.41) is 4.69. The van der Waals surface area contributed by atoms with Crippen molar-refractivity contribution in [2.75, 3.05) is 36.5 Å². The summed E-state index contributed by atoms with van der Waals surface area (Å²) in [6.07, 6.45) is 1.66. The van der Waals surface area contributed by atoms with Crippen LogP contribution < -0.4 is 16.0 Å². The van der Waals surface area contributed by atoms with E-state index in [1.165, 1.54) is 5.69 Å². The van der Waals surface area contributed by atoms with Crippen LogP contribution in [0.2, 0.25) is 0 Å². The van der Waals surface area contributed by atoms with E-state index < -0.39 is 5.91 Å². The Morgan fingerprint density at radius 3 is 2.41 bits per heavy atom. The highest BCUT2D eigenvalue weighted by molar-refractivity contribution is 5.97. The zero-order valence-electron chi connectivity index (χ0n) is 19.3. The Bertz CT molecular complexity index is 1340. The number of primary amides is 1. The molecule has 0 spiro atoms. The van der Waals surface area contributed by atoms with Crippen molar-refractivity contribution < 1.29 is 9.53 Å². The molecular formula is C27H27N5O2. The molecule has 172 valence electrons. The third-order valence-corrected chi connectivity index (χ3v) is 6.11. The molecule has 0 radical (unpaired) electrons. The van der Waals surface area contributed by atoms with E-state index in [4.69, 9.17) is 15.5 Å². The number of aryl methyl sites for hydroxylation is 2. The summed E-state index contributed by atoms with van der Waals surface area (Å²) in [6, 6.07) is 18.2. The van der Waals surface area contributed by atoms with Gasteiger partial charge in [-0.25, -0.2) is 0 Å². The van der Waals surface area contributed by atoms with Crippen molar-refractivity contribution in [3.05, 3.63) is 77.7 Å². The summed E-state index contributed by atoms with van der Waals surface area (Å²) in [7, 11) is 0. The maximum Gasteiger partial charge on any atom is 0.267 e. The van der Waals surface area contributed by atoms with Crippen LogP contribution >= 0.6 is 0 Å². The first-order chi connectivity index (χ1) is 16.5. The number of rotatable bonds is 5. The summed E-state index contributed by atoms with van der Waals surface area (Å²) < 4.78 is 5.52. The van der Waals surface area contributed by atoms with Crippen molar-refractivity contribution in [1.29, 1.82) is 0 Å². The van der Waals surface area contributed by atoms with E-state index in [-0.39, 0.29) is 5.69 Å². The average molecular weight is 454 g/mol. The predicted octanol–water partition coefficient (Wildman–Crippen LogP) is 4.59. The fourth-order valence-corrected chi connectivity index (χ4v) is 4.33. The number of nitrogens with zero attached hydrogens (tertiary/aromatic N) is 3. The fourth-order valence-electron chi connectivity index (χ4n) is 4.33. The number of anilines is 3. The van der Waals surface area contributed by atoms with E-state index in [1.807, 2.05) is 37.3 Å². The molecule has 0 bridgehead atoms. The smallest absolute Gasteiger partial charge is 0.267 e. The molecule has 0 aliphatic carbocycles. The summed E-state index contributed by atoms with van der Waals surface area (Å²) >= 11 is 0. The Balaban J connectivity index is 1.45. The SMILES string of the molecule is Cc1cc(Nc2ccc(-c3ccc(C(N)=O)nc3)cc2)c2cc(N3CCOCC3)cc(C)c2n1. The molecule has 1 aliphatic rings. The van der Waals surface area contributed by atoms with Gasteiger partial charge in [-0.05, 0) is 61.4 Å². The molecule has 1 fully saturated rings. The number of nitrogens with two attached hydrogens (primary N) is 1. The van der Waals surface area contributed by atoms with Crippen molar-refractivity contribution in [2.24, 2.45) is 5.73 Å². The van der Waals surface area contributed by atoms with Gasteiger partial charge in [-0.15, -0.1) is 0 Å². The van der Waals surface area contributed by atoms with E-state index in [0.29, 0.717) is 0 Å². The van der Waals surface area contributed by atoms with Gasteiger partial charge in [0.25, 0.3) is 5.91 Å². The molecule has 0 unspecified atom stereocenters. The minimum Gasteiger partial charge on any atom is -0.378 e. The third-order valence-electron chi connectivity index (χ3n) is 6.11. The van der Waals surface area contributed by atoms with Crippen LogP contribution in [0.25, 0.3) is 22.0 Å². The number of aromatic nitrogens is 2. The second-order valence-corrected chi connectivity index (χ2v) is 8.57. The molecular weight excluding hydrogens is 426 g/mol. The Labute approximate surface area is 198 Å². The first kappa shape index (κ1) is 21.9. The number of morpholine rings is 1. The van der Waals surface area contributed by atoms with Gasteiger partial charge in [0.15, 0.2) is 0 Å². The number of ether oxygens (including phenoxy) is 1. The van der Waals surface area contributed by atoms with Crippen LogP contribution in [0.3, 0.4) is 0 Å². The molecule has 7 nitrogen and oxygen atoms in total. The molecule has 1 aliphatic heterocycles. The standard InChI is InChI=1S/C27H27N5O2/c1-17-13-22(32-9-11-34-12-10-32)15-23-25(14-18(2)30-26(17)23)31-21-6-3-19(4-7-21)20-5-8-24(27(28)33)29-16-20/h3-8,13-16H,9-12H2,1-2H3,(H2,28,33)(H,30,31). The van der Waals surface area contributed by atoms with Crippen LogP contribution in [0.15, 0.2) is 60.8 Å². The van der Waals surface area contributed by atoms with Crippen LogP contribution in [0.5, 0.6) is 0 Å². The number of benzene rings is 2. The molecule has 4 aromatic rings. The molecule has 34 heavy (non-hydrogen) atoms. The molecule has 2 aromatic heterocycles. The minimum atomic E-state index is -0.530. The molecule has 0 atom stereocenters. The lowest BCUT2D eigenvalue weighted by Crippen LogP contribution is -2.36. The summed E-state index contributed by atoms with van der Waals surface area (Å²) in [5.41, 5.74) is 13.8. The Kier molecular flexibility index (Phi) is 5.86. The van der Waals surface area contributed by atoms with Gasteiger partial charge in [-0.3, -0.25) is 14.8 Å².